The fourth-order valence-corrected chi connectivity index (χ4v) is 2.31. The van der Waals surface area contributed by atoms with Crippen molar-refractivity contribution in [2.45, 2.75) is 12.8 Å². The van der Waals surface area contributed by atoms with Gasteiger partial charge in [0.05, 0.1) is 0 Å². The van der Waals surface area contributed by atoms with Crippen molar-refractivity contribution in [1.29, 1.82) is 0 Å². The molecule has 0 N–H and O–H groups in total. The smallest absolute Gasteiger partial charge is 0.0478 e. The molecule has 0 fully saturated rings. The highest BCUT2D eigenvalue weighted by atomic mass is 35.5. The lowest BCUT2D eigenvalue weighted by molar-refractivity contribution is 0.973. The zero-order valence-corrected chi connectivity index (χ0v) is 11.6. The molecular weight excluding hydrogens is 263 g/mol. The van der Waals surface area contributed by atoms with Crippen LogP contribution in [-0.2, 0) is 0 Å². The summed E-state index contributed by atoms with van der Waals surface area (Å²) in [6.45, 7) is 2.12. The fourth-order valence-electron chi connectivity index (χ4n) is 1.81. The van der Waals surface area contributed by atoms with Gasteiger partial charge in [-0.3, -0.25) is 0 Å². The van der Waals surface area contributed by atoms with Gasteiger partial charge < -0.3 is 0 Å². The predicted octanol–water partition coefficient (Wildman–Crippen LogP) is 5.81. The zero-order valence-electron chi connectivity index (χ0n) is 10.1. The number of benzene rings is 2. The molecule has 2 aromatic carbocycles. The van der Waals surface area contributed by atoms with Crippen LogP contribution < -0.4 is 0 Å². The summed E-state index contributed by atoms with van der Waals surface area (Å²) >= 11 is 12.3. The van der Waals surface area contributed by atoms with E-state index in [1.54, 1.807) is 0 Å². The molecule has 0 aliphatic rings. The molecule has 0 saturated carbocycles. The van der Waals surface area contributed by atoms with Gasteiger partial charge in [-0.05, 0) is 23.3 Å². The molecule has 2 rings (SSSR count). The minimum Gasteiger partial charge on any atom is -0.0840 e. The van der Waals surface area contributed by atoms with Gasteiger partial charge in [0, 0.05) is 16.0 Å². The molecule has 0 saturated heterocycles. The number of halogens is 2. The third-order valence-corrected chi connectivity index (χ3v) is 3.55. The summed E-state index contributed by atoms with van der Waals surface area (Å²) in [5.74, 6) is 0.259. The minimum atomic E-state index is 0.259. The van der Waals surface area contributed by atoms with Crippen molar-refractivity contribution < 1.29 is 0 Å². The van der Waals surface area contributed by atoms with Crippen molar-refractivity contribution in [3.63, 3.8) is 0 Å². The van der Waals surface area contributed by atoms with Crippen LogP contribution in [0.1, 0.15) is 24.0 Å². The van der Waals surface area contributed by atoms with Crippen LogP contribution in [0.5, 0.6) is 0 Å². The summed E-state index contributed by atoms with van der Waals surface area (Å²) in [5, 5.41) is 1.56. The van der Waals surface area contributed by atoms with E-state index in [9.17, 15) is 0 Å². The Morgan fingerprint density at radius 3 is 2.17 bits per heavy atom. The first-order valence-corrected chi connectivity index (χ1v) is 6.61. The van der Waals surface area contributed by atoms with E-state index in [1.165, 1.54) is 0 Å². The molecule has 2 heteroatoms. The van der Waals surface area contributed by atoms with Crippen molar-refractivity contribution in [2.75, 3.05) is 0 Å². The first-order chi connectivity index (χ1) is 8.68. The van der Waals surface area contributed by atoms with Gasteiger partial charge in [0.2, 0.25) is 0 Å². The van der Waals surface area contributed by atoms with E-state index < -0.39 is 0 Å². The lowest BCUT2D eigenvalue weighted by atomic mass is 10.00. The molecule has 0 aromatic heterocycles. The Bertz CT molecular complexity index is 559. The summed E-state index contributed by atoms with van der Waals surface area (Å²) in [6, 6.07) is 15.7. The highest BCUT2D eigenvalue weighted by Crippen LogP contribution is 2.26. The first kappa shape index (κ1) is 13.2. The number of hydrogen-bond acceptors (Lipinski definition) is 0. The molecule has 1 atom stereocenters. The van der Waals surface area contributed by atoms with Gasteiger partial charge >= 0.3 is 0 Å². The Hall–Kier alpha value is -1.24. The highest BCUT2D eigenvalue weighted by Gasteiger charge is 2.05. The van der Waals surface area contributed by atoms with E-state index in [-0.39, 0.29) is 5.92 Å². The topological polar surface area (TPSA) is 0 Å². The molecule has 0 heterocycles. The van der Waals surface area contributed by atoms with E-state index in [0.29, 0.717) is 0 Å². The van der Waals surface area contributed by atoms with E-state index >= 15 is 0 Å². The van der Waals surface area contributed by atoms with Gasteiger partial charge in [-0.2, -0.15) is 0 Å². The van der Waals surface area contributed by atoms with Crippen LogP contribution in [0.4, 0.5) is 0 Å². The Kier molecular flexibility index (Phi) is 4.46. The van der Waals surface area contributed by atoms with Crippen LogP contribution in [-0.4, -0.2) is 0 Å². The van der Waals surface area contributed by atoms with Crippen LogP contribution in [0.15, 0.2) is 54.6 Å². The average Bonchev–Trinajstić information content (AvgIpc) is 2.38. The molecular formula is C16H14Cl2. The van der Waals surface area contributed by atoms with Crippen molar-refractivity contribution in [3.05, 3.63) is 75.8 Å². The maximum Gasteiger partial charge on any atom is 0.0478 e. The molecule has 0 spiro atoms. The quantitative estimate of drug-likeness (QED) is 0.664. The van der Waals surface area contributed by atoms with Crippen molar-refractivity contribution in [3.8, 4) is 0 Å². The second kappa shape index (κ2) is 6.08. The second-order valence-electron chi connectivity index (χ2n) is 4.19. The summed E-state index contributed by atoms with van der Waals surface area (Å²) in [4.78, 5) is 0. The lowest BCUT2D eigenvalue weighted by Crippen LogP contribution is -1.89. The molecule has 92 valence electrons. The SMILES string of the molecule is CC(C=Cc1ccccc1Cl)c1ccccc1Cl. The standard InChI is InChI=1S/C16H14Cl2/c1-12(14-7-3-5-9-16(14)18)10-11-13-6-2-4-8-15(13)17/h2-12H,1H3. The van der Waals surface area contributed by atoms with Gasteiger partial charge in [0.15, 0.2) is 0 Å². The Balaban J connectivity index is 2.20. The molecule has 0 bridgehead atoms. The van der Waals surface area contributed by atoms with E-state index in [4.69, 9.17) is 23.2 Å². The molecule has 2 aromatic rings. The van der Waals surface area contributed by atoms with Gasteiger partial charge in [-0.25, -0.2) is 0 Å². The Morgan fingerprint density at radius 2 is 1.50 bits per heavy atom. The van der Waals surface area contributed by atoms with Crippen LogP contribution in [0, 0.1) is 0 Å². The third kappa shape index (κ3) is 3.16. The van der Waals surface area contributed by atoms with E-state index in [0.717, 1.165) is 21.2 Å². The van der Waals surface area contributed by atoms with Crippen LogP contribution in [0.25, 0.3) is 6.08 Å². The summed E-state index contributed by atoms with van der Waals surface area (Å²) in [7, 11) is 0. The Labute approximate surface area is 118 Å². The maximum atomic E-state index is 6.17. The second-order valence-corrected chi connectivity index (χ2v) is 5.01. The fraction of sp³-hybridized carbons (Fsp3) is 0.125. The van der Waals surface area contributed by atoms with Crippen molar-refractivity contribution in [1.82, 2.24) is 0 Å². The molecule has 0 nitrogen and oxygen atoms in total. The normalized spacial score (nSPS) is 12.8. The summed E-state index contributed by atoms with van der Waals surface area (Å²) < 4.78 is 0. The number of allylic oxidation sites excluding steroid dienone is 1. The molecule has 0 radical (unpaired) electrons. The van der Waals surface area contributed by atoms with Gasteiger partial charge in [0.25, 0.3) is 0 Å². The van der Waals surface area contributed by atoms with Crippen LogP contribution in [0.2, 0.25) is 10.0 Å². The molecule has 0 aliphatic carbocycles. The highest BCUT2D eigenvalue weighted by molar-refractivity contribution is 6.32. The molecule has 18 heavy (non-hydrogen) atoms. The zero-order chi connectivity index (χ0) is 13.0. The average molecular weight is 277 g/mol. The molecule has 1 unspecified atom stereocenters. The van der Waals surface area contributed by atoms with Crippen LogP contribution in [0.3, 0.4) is 0 Å². The third-order valence-electron chi connectivity index (χ3n) is 2.87. The van der Waals surface area contributed by atoms with Gasteiger partial charge in [0.1, 0.15) is 0 Å². The van der Waals surface area contributed by atoms with Crippen LogP contribution >= 0.6 is 23.2 Å². The van der Waals surface area contributed by atoms with Crippen molar-refractivity contribution >= 4 is 29.3 Å². The van der Waals surface area contributed by atoms with Gasteiger partial charge in [-0.1, -0.05) is 78.7 Å². The minimum absolute atomic E-state index is 0.259. The Morgan fingerprint density at radius 1 is 0.889 bits per heavy atom. The number of rotatable bonds is 3. The summed E-state index contributed by atoms with van der Waals surface area (Å²) in [6.07, 6.45) is 4.15. The monoisotopic (exact) mass is 276 g/mol. The predicted molar refractivity (Wildman–Crippen MR) is 80.4 cm³/mol. The molecule has 0 aliphatic heterocycles. The maximum absolute atomic E-state index is 6.17. The largest absolute Gasteiger partial charge is 0.0840 e. The first-order valence-electron chi connectivity index (χ1n) is 5.85. The van der Waals surface area contributed by atoms with E-state index in [1.807, 2.05) is 54.6 Å². The summed E-state index contributed by atoms with van der Waals surface area (Å²) in [5.41, 5.74) is 2.15. The number of hydrogen-bond donors (Lipinski definition) is 0. The van der Waals surface area contributed by atoms with Gasteiger partial charge in [-0.15, -0.1) is 0 Å². The lowest BCUT2D eigenvalue weighted by Gasteiger charge is -2.08. The molecule has 0 amide bonds. The van der Waals surface area contributed by atoms with Crippen molar-refractivity contribution in [2.24, 2.45) is 0 Å². The van der Waals surface area contributed by atoms with E-state index in [2.05, 4.69) is 13.0 Å².